The summed E-state index contributed by atoms with van der Waals surface area (Å²) in [5.74, 6) is -1.35. The molecule has 31 heavy (non-hydrogen) atoms. The molecule has 0 aliphatic carbocycles. The number of nitrogens with zero attached hydrogens (tertiary/aromatic N) is 3. The zero-order valence-electron chi connectivity index (χ0n) is 17.9. The van der Waals surface area contributed by atoms with Crippen molar-refractivity contribution in [1.29, 1.82) is 0 Å². The summed E-state index contributed by atoms with van der Waals surface area (Å²) in [6.45, 7) is 9.13. The van der Waals surface area contributed by atoms with Crippen LogP contribution in [0.25, 0.3) is 11.3 Å². The molecule has 10 heteroatoms. The van der Waals surface area contributed by atoms with E-state index in [-0.39, 0.29) is 35.2 Å². The number of amides is 2. The van der Waals surface area contributed by atoms with E-state index in [1.807, 2.05) is 25.7 Å². The second kappa shape index (κ2) is 9.80. The maximum Gasteiger partial charge on any atom is 0.240 e. The quantitative estimate of drug-likeness (QED) is 0.706. The van der Waals surface area contributed by atoms with Gasteiger partial charge in [-0.25, -0.2) is 13.8 Å². The predicted octanol–water partition coefficient (Wildman–Crippen LogP) is 2.56. The van der Waals surface area contributed by atoms with E-state index < -0.39 is 11.6 Å². The number of halogens is 2. The molecule has 0 saturated carbocycles. The first-order valence-corrected chi connectivity index (χ1v) is 10.9. The molecule has 2 aromatic rings. The molecule has 3 rings (SSSR count). The fraction of sp³-hybridized carbons (Fsp3) is 0.476. The van der Waals surface area contributed by atoms with Gasteiger partial charge in [-0.1, -0.05) is 0 Å². The maximum absolute atomic E-state index is 13.9. The second-order valence-electron chi connectivity index (χ2n) is 8.56. The molecule has 2 heterocycles. The lowest BCUT2D eigenvalue weighted by molar-refractivity contribution is -0.124. The molecule has 2 amide bonds. The molecule has 1 aliphatic heterocycles. The highest BCUT2D eigenvalue weighted by molar-refractivity contribution is 7.14. The standard InChI is InChI=1S/C21H27F2N5O2S/c1-21(2,3)26-19(30)12-28-8-6-27(7-9-28)11-18(29)25-20-24-17(13-31-20)15-10-14(22)4-5-16(15)23/h4-5,10,13H,6-9,11-12H2,1-3H3,(H,26,30)(H,24,25,29). The van der Waals surface area contributed by atoms with Crippen molar-refractivity contribution in [1.82, 2.24) is 20.1 Å². The number of carbonyl (C=O) groups is 2. The van der Waals surface area contributed by atoms with E-state index in [2.05, 4.69) is 20.5 Å². The van der Waals surface area contributed by atoms with Gasteiger partial charge in [-0.15, -0.1) is 11.3 Å². The molecule has 1 aliphatic rings. The van der Waals surface area contributed by atoms with Crippen LogP contribution >= 0.6 is 11.3 Å². The molecule has 2 N–H and O–H groups in total. The second-order valence-corrected chi connectivity index (χ2v) is 9.42. The number of anilines is 1. The van der Waals surface area contributed by atoms with Gasteiger partial charge in [0.25, 0.3) is 0 Å². The molecule has 1 saturated heterocycles. The number of thiazole rings is 1. The average molecular weight is 452 g/mol. The first-order chi connectivity index (χ1) is 14.6. The van der Waals surface area contributed by atoms with Gasteiger partial charge in [0.05, 0.1) is 18.8 Å². The Balaban J connectivity index is 1.45. The predicted molar refractivity (Wildman–Crippen MR) is 117 cm³/mol. The number of hydrogen-bond acceptors (Lipinski definition) is 6. The largest absolute Gasteiger partial charge is 0.350 e. The van der Waals surface area contributed by atoms with Crippen LogP contribution in [0.3, 0.4) is 0 Å². The van der Waals surface area contributed by atoms with Gasteiger partial charge in [-0.3, -0.25) is 19.4 Å². The minimum absolute atomic E-state index is 0.00648. The van der Waals surface area contributed by atoms with E-state index in [1.165, 1.54) is 0 Å². The summed E-state index contributed by atoms with van der Waals surface area (Å²) < 4.78 is 27.3. The summed E-state index contributed by atoms with van der Waals surface area (Å²) in [4.78, 5) is 32.7. The third kappa shape index (κ3) is 7.05. The Bertz CT molecular complexity index is 936. The Hall–Kier alpha value is -2.43. The molecule has 0 spiro atoms. The highest BCUT2D eigenvalue weighted by Gasteiger charge is 2.22. The van der Waals surface area contributed by atoms with Gasteiger partial charge in [0.1, 0.15) is 11.6 Å². The van der Waals surface area contributed by atoms with Crippen molar-refractivity contribution in [3.05, 3.63) is 35.2 Å². The van der Waals surface area contributed by atoms with Crippen LogP contribution in [0, 0.1) is 11.6 Å². The highest BCUT2D eigenvalue weighted by atomic mass is 32.1. The molecular weight excluding hydrogens is 424 g/mol. The normalized spacial score (nSPS) is 15.6. The first-order valence-electron chi connectivity index (χ1n) is 10.1. The monoisotopic (exact) mass is 451 g/mol. The number of nitrogens with one attached hydrogen (secondary N) is 2. The van der Waals surface area contributed by atoms with E-state index in [1.54, 1.807) is 5.38 Å². The lowest BCUT2D eigenvalue weighted by Crippen LogP contribution is -2.52. The summed E-state index contributed by atoms with van der Waals surface area (Å²) in [5.41, 5.74) is 0.0791. The van der Waals surface area contributed by atoms with Gasteiger partial charge < -0.3 is 10.6 Å². The summed E-state index contributed by atoms with van der Waals surface area (Å²) in [6, 6.07) is 3.18. The average Bonchev–Trinajstić information content (AvgIpc) is 3.12. The molecule has 7 nitrogen and oxygen atoms in total. The van der Waals surface area contributed by atoms with Gasteiger partial charge in [-0.05, 0) is 39.0 Å². The van der Waals surface area contributed by atoms with Crippen LogP contribution in [0.4, 0.5) is 13.9 Å². The lowest BCUT2D eigenvalue weighted by atomic mass is 10.1. The van der Waals surface area contributed by atoms with Crippen molar-refractivity contribution in [3.8, 4) is 11.3 Å². The topological polar surface area (TPSA) is 77.6 Å². The Morgan fingerprint density at radius 1 is 1.06 bits per heavy atom. The SMILES string of the molecule is CC(C)(C)NC(=O)CN1CCN(CC(=O)Nc2nc(-c3cc(F)ccc3F)cs2)CC1. The van der Waals surface area contributed by atoms with Crippen molar-refractivity contribution in [3.63, 3.8) is 0 Å². The van der Waals surface area contributed by atoms with Gasteiger partial charge in [0.2, 0.25) is 11.8 Å². The van der Waals surface area contributed by atoms with Crippen molar-refractivity contribution < 1.29 is 18.4 Å². The van der Waals surface area contributed by atoms with Crippen molar-refractivity contribution in [2.75, 3.05) is 44.6 Å². The maximum atomic E-state index is 13.9. The fourth-order valence-electron chi connectivity index (χ4n) is 3.28. The number of aromatic nitrogens is 1. The summed E-state index contributed by atoms with van der Waals surface area (Å²) in [5, 5.41) is 7.58. The van der Waals surface area contributed by atoms with E-state index in [0.29, 0.717) is 37.9 Å². The fourth-order valence-corrected chi connectivity index (χ4v) is 4.00. The Morgan fingerprint density at radius 2 is 1.68 bits per heavy atom. The minimum atomic E-state index is -0.571. The van der Waals surface area contributed by atoms with E-state index in [9.17, 15) is 18.4 Å². The molecule has 1 aromatic heterocycles. The Labute approximate surface area is 184 Å². The van der Waals surface area contributed by atoms with Gasteiger partial charge in [0, 0.05) is 42.7 Å². The van der Waals surface area contributed by atoms with Crippen LogP contribution in [0.15, 0.2) is 23.6 Å². The van der Waals surface area contributed by atoms with Crippen LogP contribution in [0.2, 0.25) is 0 Å². The smallest absolute Gasteiger partial charge is 0.240 e. The van der Waals surface area contributed by atoms with Crippen LogP contribution in [-0.2, 0) is 9.59 Å². The van der Waals surface area contributed by atoms with Crippen LogP contribution in [0.1, 0.15) is 20.8 Å². The number of piperazine rings is 1. The molecular formula is C21H27F2N5O2S. The van der Waals surface area contributed by atoms with Gasteiger partial charge in [-0.2, -0.15) is 0 Å². The van der Waals surface area contributed by atoms with Gasteiger partial charge >= 0.3 is 0 Å². The number of benzene rings is 1. The minimum Gasteiger partial charge on any atom is -0.350 e. The Kier molecular flexibility index (Phi) is 7.34. The van der Waals surface area contributed by atoms with E-state index in [0.717, 1.165) is 29.5 Å². The molecule has 0 atom stereocenters. The number of hydrogen-bond donors (Lipinski definition) is 2. The third-order valence-electron chi connectivity index (χ3n) is 4.67. The van der Waals surface area contributed by atoms with Crippen molar-refractivity contribution in [2.24, 2.45) is 0 Å². The van der Waals surface area contributed by atoms with Crippen LogP contribution in [0.5, 0.6) is 0 Å². The Morgan fingerprint density at radius 3 is 2.29 bits per heavy atom. The first kappa shape index (κ1) is 23.2. The number of carbonyl (C=O) groups excluding carboxylic acids is 2. The van der Waals surface area contributed by atoms with Crippen LogP contribution in [-0.4, -0.2) is 71.4 Å². The highest BCUT2D eigenvalue weighted by Crippen LogP contribution is 2.27. The van der Waals surface area contributed by atoms with Crippen molar-refractivity contribution >= 4 is 28.3 Å². The third-order valence-corrected chi connectivity index (χ3v) is 5.43. The van der Waals surface area contributed by atoms with Crippen molar-refractivity contribution in [2.45, 2.75) is 26.3 Å². The molecule has 1 fully saturated rings. The molecule has 0 bridgehead atoms. The van der Waals surface area contributed by atoms with Gasteiger partial charge in [0.15, 0.2) is 5.13 Å². The summed E-state index contributed by atoms with van der Waals surface area (Å²) >= 11 is 1.16. The molecule has 1 aromatic carbocycles. The van der Waals surface area contributed by atoms with E-state index >= 15 is 0 Å². The zero-order chi connectivity index (χ0) is 22.6. The molecule has 0 radical (unpaired) electrons. The molecule has 168 valence electrons. The van der Waals surface area contributed by atoms with E-state index in [4.69, 9.17) is 0 Å². The summed E-state index contributed by atoms with van der Waals surface area (Å²) in [6.07, 6.45) is 0. The molecule has 0 unspecified atom stereocenters. The summed E-state index contributed by atoms with van der Waals surface area (Å²) in [7, 11) is 0. The zero-order valence-corrected chi connectivity index (χ0v) is 18.7. The number of rotatable bonds is 6. The van der Waals surface area contributed by atoms with Crippen LogP contribution < -0.4 is 10.6 Å². The lowest BCUT2D eigenvalue weighted by Gasteiger charge is -2.34.